The minimum atomic E-state index is -0.390. The minimum absolute atomic E-state index is 0.0297. The molecule has 0 spiro atoms. The average molecular weight is 679 g/mol. The molecular formula is C41H62N2O4S. The van der Waals surface area contributed by atoms with Gasteiger partial charge in [-0.25, -0.2) is 0 Å². The summed E-state index contributed by atoms with van der Waals surface area (Å²) in [7, 11) is 0. The van der Waals surface area contributed by atoms with Crippen LogP contribution in [0.25, 0.3) is 0 Å². The van der Waals surface area contributed by atoms with Crippen molar-refractivity contribution in [2.45, 2.75) is 143 Å². The standard InChI is InChI=1S/C41H62N2O4S/c1-13-38(5,6)29-18-20-33(31(26-29)40(9,10)15-3)46-23-17-22-43-36(45)28-35(44)42-37(43)48-25-24-47-34-21-19-30(39(7,8)14-2)27-32(34)41(11,12)16-4/h18-21,26-27H,13-17,22-25,28H2,1-12H3. The Morgan fingerprint density at radius 2 is 1.15 bits per heavy atom. The summed E-state index contributed by atoms with van der Waals surface area (Å²) >= 11 is 1.40. The van der Waals surface area contributed by atoms with Gasteiger partial charge in [0.2, 0.25) is 5.91 Å². The van der Waals surface area contributed by atoms with Crippen LogP contribution in [0.4, 0.5) is 0 Å². The second-order valence-corrected chi connectivity index (χ2v) is 16.8. The Balaban J connectivity index is 1.66. The number of benzene rings is 2. The van der Waals surface area contributed by atoms with E-state index in [0.717, 1.165) is 37.2 Å². The fraction of sp³-hybridized carbons (Fsp3) is 0.634. The van der Waals surface area contributed by atoms with Crippen LogP contribution in [0.3, 0.4) is 0 Å². The zero-order valence-corrected chi connectivity index (χ0v) is 32.8. The van der Waals surface area contributed by atoms with E-state index in [2.05, 4.69) is 124 Å². The lowest BCUT2D eigenvalue weighted by molar-refractivity contribution is -0.133. The molecule has 3 rings (SSSR count). The molecule has 0 saturated carbocycles. The average Bonchev–Trinajstić information content (AvgIpc) is 3.05. The number of amidine groups is 1. The van der Waals surface area contributed by atoms with E-state index in [1.165, 1.54) is 34.0 Å². The van der Waals surface area contributed by atoms with Gasteiger partial charge in [-0.3, -0.25) is 14.5 Å². The van der Waals surface area contributed by atoms with Gasteiger partial charge in [-0.05, 0) is 77.0 Å². The van der Waals surface area contributed by atoms with Crippen LogP contribution in [0.2, 0.25) is 0 Å². The number of aliphatic imine (C=N–C) groups is 1. The highest BCUT2D eigenvalue weighted by atomic mass is 32.2. The zero-order valence-electron chi connectivity index (χ0n) is 32.0. The van der Waals surface area contributed by atoms with E-state index in [0.29, 0.717) is 37.1 Å². The molecule has 0 unspecified atom stereocenters. The normalized spacial score (nSPS) is 14.8. The molecule has 0 saturated heterocycles. The fourth-order valence-corrected chi connectivity index (χ4v) is 6.42. The fourth-order valence-electron chi connectivity index (χ4n) is 5.56. The lowest BCUT2D eigenvalue weighted by atomic mass is 9.76. The number of ether oxygens (including phenoxy) is 2. The van der Waals surface area contributed by atoms with Gasteiger partial charge in [-0.15, -0.1) is 0 Å². The molecule has 0 radical (unpaired) electrons. The Kier molecular flexibility index (Phi) is 13.4. The van der Waals surface area contributed by atoms with Crippen molar-refractivity contribution in [2.75, 3.05) is 25.5 Å². The van der Waals surface area contributed by atoms with Gasteiger partial charge in [-0.1, -0.05) is 119 Å². The second-order valence-electron chi connectivity index (χ2n) is 15.8. The first-order valence-corrected chi connectivity index (χ1v) is 19.0. The third-order valence-corrected chi connectivity index (χ3v) is 11.9. The highest BCUT2D eigenvalue weighted by Crippen LogP contribution is 2.40. The van der Waals surface area contributed by atoms with E-state index in [1.54, 1.807) is 4.90 Å². The number of hydrogen-bond donors (Lipinski definition) is 0. The van der Waals surface area contributed by atoms with E-state index in [4.69, 9.17) is 9.47 Å². The first-order chi connectivity index (χ1) is 22.4. The molecule has 6 nitrogen and oxygen atoms in total. The third kappa shape index (κ3) is 9.67. The predicted molar refractivity (Wildman–Crippen MR) is 203 cm³/mol. The van der Waals surface area contributed by atoms with Crippen molar-refractivity contribution < 1.29 is 19.1 Å². The van der Waals surface area contributed by atoms with Crippen molar-refractivity contribution in [1.29, 1.82) is 0 Å². The summed E-state index contributed by atoms with van der Waals surface area (Å²) in [5.74, 6) is 1.75. The highest BCUT2D eigenvalue weighted by Gasteiger charge is 2.30. The maximum atomic E-state index is 13.0. The van der Waals surface area contributed by atoms with Gasteiger partial charge < -0.3 is 9.47 Å². The van der Waals surface area contributed by atoms with Gasteiger partial charge in [0.15, 0.2) is 5.17 Å². The monoisotopic (exact) mass is 678 g/mol. The molecule has 0 aliphatic carbocycles. The maximum Gasteiger partial charge on any atom is 0.257 e. The molecule has 1 aliphatic heterocycles. The smallest absolute Gasteiger partial charge is 0.257 e. The van der Waals surface area contributed by atoms with Crippen LogP contribution >= 0.6 is 11.8 Å². The lowest BCUT2D eigenvalue weighted by Gasteiger charge is -2.31. The van der Waals surface area contributed by atoms with Crippen LogP contribution in [0, 0.1) is 0 Å². The molecule has 1 aliphatic rings. The van der Waals surface area contributed by atoms with Gasteiger partial charge in [0.1, 0.15) is 17.9 Å². The Bertz CT molecular complexity index is 1460. The molecular weight excluding hydrogens is 617 g/mol. The Labute approximate surface area is 295 Å². The Hall–Kier alpha value is -2.80. The summed E-state index contributed by atoms with van der Waals surface area (Å²) in [5, 5.41) is 0.452. The molecule has 0 atom stereocenters. The Morgan fingerprint density at radius 1 is 0.688 bits per heavy atom. The number of carbonyl (C=O) groups excluding carboxylic acids is 2. The van der Waals surface area contributed by atoms with Crippen molar-refractivity contribution in [3.8, 4) is 11.5 Å². The quantitative estimate of drug-likeness (QED) is 0.123. The molecule has 1 heterocycles. The van der Waals surface area contributed by atoms with Crippen LogP contribution in [-0.2, 0) is 31.2 Å². The summed E-state index contributed by atoms with van der Waals surface area (Å²) in [5.41, 5.74) is 5.19. The summed E-state index contributed by atoms with van der Waals surface area (Å²) < 4.78 is 12.7. The molecule has 0 N–H and O–H groups in total. The molecule has 7 heteroatoms. The van der Waals surface area contributed by atoms with Crippen molar-refractivity contribution in [1.82, 2.24) is 4.90 Å². The van der Waals surface area contributed by atoms with Crippen LogP contribution in [0.1, 0.15) is 144 Å². The molecule has 2 aromatic rings. The largest absolute Gasteiger partial charge is 0.493 e. The molecule has 2 aromatic carbocycles. The van der Waals surface area contributed by atoms with Crippen LogP contribution < -0.4 is 9.47 Å². The van der Waals surface area contributed by atoms with Crippen molar-refractivity contribution in [3.63, 3.8) is 0 Å². The highest BCUT2D eigenvalue weighted by molar-refractivity contribution is 8.13. The summed E-state index contributed by atoms with van der Waals surface area (Å²) in [6.07, 6.45) is 4.54. The van der Waals surface area contributed by atoms with Crippen molar-refractivity contribution >= 4 is 28.7 Å². The van der Waals surface area contributed by atoms with E-state index < -0.39 is 5.91 Å². The number of nitrogens with zero attached hydrogens (tertiary/aromatic N) is 2. The maximum absolute atomic E-state index is 13.0. The van der Waals surface area contributed by atoms with Crippen molar-refractivity contribution in [3.05, 3.63) is 58.7 Å². The number of hydrogen-bond acceptors (Lipinski definition) is 5. The topological polar surface area (TPSA) is 68.2 Å². The zero-order chi connectivity index (χ0) is 35.9. The first kappa shape index (κ1) is 39.6. The Morgan fingerprint density at radius 3 is 1.60 bits per heavy atom. The van der Waals surface area contributed by atoms with E-state index >= 15 is 0 Å². The van der Waals surface area contributed by atoms with Gasteiger partial charge >= 0.3 is 0 Å². The number of rotatable bonds is 17. The number of amides is 2. The van der Waals surface area contributed by atoms with Gasteiger partial charge in [-0.2, -0.15) is 4.99 Å². The number of thioether (sulfide) groups is 1. The van der Waals surface area contributed by atoms with Crippen LogP contribution in [-0.4, -0.2) is 47.4 Å². The summed E-state index contributed by atoms with van der Waals surface area (Å²) in [6.45, 7) is 28.4. The molecule has 266 valence electrons. The first-order valence-electron chi connectivity index (χ1n) is 18.0. The van der Waals surface area contributed by atoms with Crippen LogP contribution in [0.15, 0.2) is 41.4 Å². The van der Waals surface area contributed by atoms with E-state index in [-0.39, 0.29) is 34.0 Å². The minimum Gasteiger partial charge on any atom is -0.493 e. The lowest BCUT2D eigenvalue weighted by Crippen LogP contribution is -2.41. The summed E-state index contributed by atoms with van der Waals surface area (Å²) in [6, 6.07) is 13.2. The van der Waals surface area contributed by atoms with Crippen molar-refractivity contribution in [2.24, 2.45) is 4.99 Å². The molecule has 2 amide bonds. The van der Waals surface area contributed by atoms with Crippen LogP contribution in [0.5, 0.6) is 11.5 Å². The molecule has 0 aromatic heterocycles. The predicted octanol–water partition coefficient (Wildman–Crippen LogP) is 10.1. The van der Waals surface area contributed by atoms with Gasteiger partial charge in [0.25, 0.3) is 5.91 Å². The third-order valence-electron chi connectivity index (χ3n) is 10.9. The SMILES string of the molecule is CCC(C)(C)c1ccc(OCCCN2C(=O)CC(=O)N=C2SCCOc2ccc(C(C)(C)CC)cc2C(C)(C)CC)c(C(C)(C)CC)c1. The van der Waals surface area contributed by atoms with Gasteiger partial charge in [0.05, 0.1) is 13.2 Å². The second kappa shape index (κ2) is 16.3. The van der Waals surface area contributed by atoms with E-state index in [1.807, 2.05) is 0 Å². The number of carbonyl (C=O) groups is 2. The summed E-state index contributed by atoms with van der Waals surface area (Å²) in [4.78, 5) is 31.2. The molecule has 0 fully saturated rings. The van der Waals surface area contributed by atoms with E-state index in [9.17, 15) is 9.59 Å². The molecule has 48 heavy (non-hydrogen) atoms. The van der Waals surface area contributed by atoms with Gasteiger partial charge in [0, 0.05) is 23.4 Å². The molecule has 0 bridgehead atoms.